The summed E-state index contributed by atoms with van der Waals surface area (Å²) in [5.74, 6) is -0.181. The van der Waals surface area contributed by atoms with Gasteiger partial charge in [0.15, 0.2) is 5.82 Å². The van der Waals surface area contributed by atoms with E-state index in [1.807, 2.05) is 4.90 Å². The third kappa shape index (κ3) is 6.75. The number of nitrogens with zero attached hydrogens (tertiary/aromatic N) is 6. The number of nitrogen functional groups attached to an aromatic ring is 1. The second-order valence-corrected chi connectivity index (χ2v) is 13.3. The Bertz CT molecular complexity index is 1580. The molecule has 0 spiro atoms. The molecule has 3 atom stereocenters. The van der Waals surface area contributed by atoms with E-state index in [0.717, 1.165) is 54.6 Å². The largest absolute Gasteiger partial charge is 0.467 e. The van der Waals surface area contributed by atoms with Gasteiger partial charge in [0.2, 0.25) is 0 Å². The zero-order chi connectivity index (χ0) is 33.4. The van der Waals surface area contributed by atoms with Crippen molar-refractivity contribution in [2.75, 3.05) is 64.6 Å². The van der Waals surface area contributed by atoms with Crippen LogP contribution in [0.4, 0.5) is 20.3 Å². The Morgan fingerprint density at radius 3 is 2.70 bits per heavy atom. The maximum Gasteiger partial charge on any atom is 0.318 e. The van der Waals surface area contributed by atoms with Crippen LogP contribution in [0.2, 0.25) is 0 Å². The number of benzene rings is 1. The first-order valence-electron chi connectivity index (χ1n) is 16.2. The Balaban J connectivity index is 0.000000366. The summed E-state index contributed by atoms with van der Waals surface area (Å²) in [6, 6.07) is 2.53. The summed E-state index contributed by atoms with van der Waals surface area (Å²) in [5.41, 5.74) is 16.7. The van der Waals surface area contributed by atoms with Gasteiger partial charge in [0.1, 0.15) is 17.7 Å². The minimum Gasteiger partial charge on any atom is -0.467 e. The maximum atomic E-state index is 15.2. The van der Waals surface area contributed by atoms with Crippen LogP contribution in [0.25, 0.3) is 0 Å². The lowest BCUT2D eigenvalue weighted by Crippen LogP contribution is -2.35. The molecule has 1 aliphatic carbocycles. The predicted molar refractivity (Wildman–Crippen MR) is 177 cm³/mol. The van der Waals surface area contributed by atoms with Gasteiger partial charge in [0, 0.05) is 57.3 Å². The monoisotopic (exact) mass is 672 g/mol. The van der Waals surface area contributed by atoms with E-state index in [4.69, 9.17) is 32.5 Å². The molecule has 0 radical (unpaired) electrons. The van der Waals surface area contributed by atoms with Crippen molar-refractivity contribution in [2.24, 2.45) is 10.7 Å². The van der Waals surface area contributed by atoms with Crippen molar-refractivity contribution in [3.05, 3.63) is 50.6 Å². The van der Waals surface area contributed by atoms with Crippen molar-refractivity contribution in [3.8, 4) is 6.01 Å². The molecular weight excluding hydrogens is 630 g/mol. The van der Waals surface area contributed by atoms with E-state index in [-0.39, 0.29) is 35.6 Å². The number of aromatic nitrogens is 2. The van der Waals surface area contributed by atoms with E-state index in [1.54, 1.807) is 20.2 Å². The molecule has 0 bridgehead atoms. The highest BCUT2D eigenvalue weighted by molar-refractivity contribution is 6.45. The number of aliphatic imine (C=N–C) groups is 1. The Morgan fingerprint density at radius 1 is 1.19 bits per heavy atom. The Morgan fingerprint density at radius 2 is 2.00 bits per heavy atom. The van der Waals surface area contributed by atoms with E-state index in [2.05, 4.69) is 19.9 Å². The number of carbonyl (C=O) groups excluding carboxylic acids is 1. The second kappa shape index (κ2) is 13.9. The highest BCUT2D eigenvalue weighted by atomic mass is 35.5. The summed E-state index contributed by atoms with van der Waals surface area (Å²) < 4.78 is 39.4. The van der Waals surface area contributed by atoms with Crippen LogP contribution in [0.1, 0.15) is 59.7 Å². The van der Waals surface area contributed by atoms with Gasteiger partial charge >= 0.3 is 6.01 Å². The highest BCUT2D eigenvalue weighted by Crippen LogP contribution is 2.42. The van der Waals surface area contributed by atoms with E-state index in [0.29, 0.717) is 49.2 Å². The number of likely N-dealkylation sites (N-methyl/N-ethyl adjacent to an activating group) is 1. The van der Waals surface area contributed by atoms with Crippen LogP contribution in [-0.4, -0.2) is 97.5 Å². The van der Waals surface area contributed by atoms with Gasteiger partial charge in [-0.25, -0.2) is 8.78 Å². The molecule has 5 heterocycles. The summed E-state index contributed by atoms with van der Waals surface area (Å²) in [7, 11) is 4.72. The van der Waals surface area contributed by atoms with Gasteiger partial charge in [-0.1, -0.05) is 11.6 Å². The molecule has 1 aromatic carbocycles. The number of nitrogens with two attached hydrogens (primary N) is 2. The normalized spacial score (nSPS) is 24.0. The van der Waals surface area contributed by atoms with Crippen LogP contribution in [0.5, 0.6) is 6.01 Å². The fraction of sp³-hybridized carbons (Fsp3) is 0.576. The first-order valence-corrected chi connectivity index (χ1v) is 16.6. The molecule has 3 unspecified atom stereocenters. The molecule has 254 valence electrons. The maximum absolute atomic E-state index is 15.2. The summed E-state index contributed by atoms with van der Waals surface area (Å²) in [6.45, 7) is 3.49. The summed E-state index contributed by atoms with van der Waals surface area (Å²) in [4.78, 5) is 31.9. The molecule has 4 aliphatic heterocycles. The van der Waals surface area contributed by atoms with Crippen molar-refractivity contribution in [1.82, 2.24) is 19.8 Å². The fourth-order valence-electron chi connectivity index (χ4n) is 7.13. The van der Waals surface area contributed by atoms with Gasteiger partial charge in [-0.15, -0.1) is 0 Å². The van der Waals surface area contributed by atoms with Crippen LogP contribution < -0.4 is 21.1 Å². The number of halogens is 3. The van der Waals surface area contributed by atoms with Gasteiger partial charge < -0.3 is 30.7 Å². The van der Waals surface area contributed by atoms with E-state index in [1.165, 1.54) is 24.9 Å². The molecule has 47 heavy (non-hydrogen) atoms. The summed E-state index contributed by atoms with van der Waals surface area (Å²) in [6.07, 6.45) is 5.08. The molecule has 2 aromatic rings. The van der Waals surface area contributed by atoms with E-state index in [9.17, 15) is 9.18 Å². The average molecular weight is 673 g/mol. The molecule has 2 saturated heterocycles. The standard InChI is InChI=1S/C26H31ClFN7O3.C7H12FN/c1-34(2)25(36)23(30)21(27)18-11-35(8-4-7-31-18)24-15-12-38-19(10-17(15)32-26(33-24)37-3)20-14-6-5-13(14)9-16(29)22(20)28;8-6-4-7-2-1-3-9(7)5-6/h9,19H,4-8,10-12,29-30H2,1-3H3;6-7H,1-5H2/b23-21+;. The molecule has 4 N–H and O–H groups in total. The lowest BCUT2D eigenvalue weighted by Gasteiger charge is -2.33. The molecule has 5 aliphatic rings. The quantitative estimate of drug-likeness (QED) is 0.362. The van der Waals surface area contributed by atoms with Crippen LogP contribution in [0.15, 0.2) is 21.8 Å². The van der Waals surface area contributed by atoms with Gasteiger partial charge in [-0.05, 0) is 62.3 Å². The number of carbonyl (C=O) groups is 1. The van der Waals surface area contributed by atoms with Gasteiger partial charge in [0.25, 0.3) is 5.91 Å². The first-order chi connectivity index (χ1) is 22.5. The highest BCUT2D eigenvalue weighted by Gasteiger charge is 2.36. The minimum absolute atomic E-state index is 0.0634. The lowest BCUT2D eigenvalue weighted by molar-refractivity contribution is -0.124. The molecular formula is C33H43ClF2N8O3. The van der Waals surface area contributed by atoms with Crippen molar-refractivity contribution in [3.63, 3.8) is 0 Å². The van der Waals surface area contributed by atoms with Gasteiger partial charge in [-0.3, -0.25) is 14.7 Å². The molecule has 14 heteroatoms. The topological polar surface area (TPSA) is 135 Å². The third-order valence-electron chi connectivity index (χ3n) is 9.65. The number of methoxy groups -OCH3 is 1. The van der Waals surface area contributed by atoms with Crippen molar-refractivity contribution < 1.29 is 23.0 Å². The Labute approximate surface area is 278 Å². The van der Waals surface area contributed by atoms with E-state index < -0.39 is 24.0 Å². The average Bonchev–Trinajstić information content (AvgIpc) is 3.54. The third-order valence-corrected chi connectivity index (χ3v) is 10.1. The number of anilines is 2. The zero-order valence-electron chi connectivity index (χ0n) is 27.2. The van der Waals surface area contributed by atoms with Crippen LogP contribution >= 0.6 is 11.6 Å². The lowest BCUT2D eigenvalue weighted by atomic mass is 9.81. The van der Waals surface area contributed by atoms with Crippen molar-refractivity contribution in [2.45, 2.75) is 69.9 Å². The van der Waals surface area contributed by atoms with Crippen LogP contribution in [-0.2, 0) is 35.4 Å². The van der Waals surface area contributed by atoms with Crippen molar-refractivity contribution in [1.29, 1.82) is 0 Å². The number of hydrogen-bond acceptors (Lipinski definition) is 10. The molecule has 1 amide bonds. The van der Waals surface area contributed by atoms with Gasteiger partial charge in [0.05, 0.1) is 48.5 Å². The Kier molecular flexibility index (Phi) is 9.86. The van der Waals surface area contributed by atoms with Crippen molar-refractivity contribution >= 4 is 34.7 Å². The number of ether oxygens (including phenoxy) is 2. The number of alkyl halides is 1. The number of amides is 1. The molecule has 1 aromatic heterocycles. The van der Waals surface area contributed by atoms with Crippen LogP contribution in [0, 0.1) is 5.82 Å². The van der Waals surface area contributed by atoms with Crippen LogP contribution in [0.3, 0.4) is 0 Å². The molecule has 11 nitrogen and oxygen atoms in total. The summed E-state index contributed by atoms with van der Waals surface area (Å²) >= 11 is 6.55. The number of hydrogen-bond donors (Lipinski definition) is 2. The number of aryl methyl sites for hydroxylation is 1. The first kappa shape index (κ1) is 33.4. The SMILES string of the molecule is COc1nc2c(c(N3CCCN=C(/C(Cl)=C(\N)C(=O)N(C)C)C3)n1)COC(c1c(F)c(N)cc3c1CC3)C2.FC1CC2CCCN2C1. The zero-order valence-corrected chi connectivity index (χ0v) is 28.0. The molecule has 0 saturated carbocycles. The number of fused-ring (bicyclic) bond motifs is 3. The van der Waals surface area contributed by atoms with E-state index >= 15 is 4.39 Å². The molecule has 7 rings (SSSR count). The smallest absolute Gasteiger partial charge is 0.318 e. The minimum atomic E-state index is -0.518. The fourth-order valence-corrected chi connectivity index (χ4v) is 7.33. The summed E-state index contributed by atoms with van der Waals surface area (Å²) in [5, 5.41) is 0.122. The van der Waals surface area contributed by atoms with Gasteiger partial charge in [-0.2, -0.15) is 9.97 Å². The Hall–Kier alpha value is -3.55. The number of rotatable bonds is 5. The molecule has 2 fully saturated rings. The predicted octanol–water partition coefficient (Wildman–Crippen LogP) is 3.46. The second-order valence-electron chi connectivity index (χ2n) is 12.9.